The van der Waals surface area contributed by atoms with Crippen LogP contribution in [0, 0.1) is 0 Å². The van der Waals surface area contributed by atoms with E-state index in [-0.39, 0.29) is 25.2 Å². The second-order valence-corrected chi connectivity index (χ2v) is 13.4. The van der Waals surface area contributed by atoms with Crippen LogP contribution in [0.5, 0.6) is 0 Å². The first-order valence-electron chi connectivity index (χ1n) is 19.7. The van der Waals surface area contributed by atoms with Crippen LogP contribution in [0.25, 0.3) is 0 Å². The molecule has 0 saturated heterocycles. The van der Waals surface area contributed by atoms with Gasteiger partial charge in [0.05, 0.1) is 6.61 Å². The fourth-order valence-electron chi connectivity index (χ4n) is 5.79. The maximum Gasteiger partial charge on any atom is 0.306 e. The Morgan fingerprint density at radius 1 is 0.489 bits per heavy atom. The number of ether oxygens (including phenoxy) is 2. The van der Waals surface area contributed by atoms with Crippen LogP contribution in [-0.4, -0.2) is 36.4 Å². The van der Waals surface area contributed by atoms with Crippen molar-refractivity contribution in [3.63, 3.8) is 0 Å². The van der Waals surface area contributed by atoms with Crippen molar-refractivity contribution >= 4 is 11.9 Å². The molecule has 0 saturated carbocycles. The lowest BCUT2D eigenvalue weighted by molar-refractivity contribution is -0.161. The Morgan fingerprint density at radius 2 is 0.844 bits per heavy atom. The molecule has 1 N–H and O–H groups in total. The molecule has 0 rings (SSSR count). The molecule has 0 unspecified atom stereocenters. The molecule has 1 atom stereocenters. The number of hydrogen-bond acceptors (Lipinski definition) is 5. The average Bonchev–Trinajstić information content (AvgIpc) is 3.04. The van der Waals surface area contributed by atoms with E-state index in [1.54, 1.807) is 0 Å². The summed E-state index contributed by atoms with van der Waals surface area (Å²) in [5.41, 5.74) is 0. The summed E-state index contributed by atoms with van der Waals surface area (Å²) in [5, 5.41) is 9.50. The second-order valence-electron chi connectivity index (χ2n) is 13.4. The van der Waals surface area contributed by atoms with Crippen LogP contribution < -0.4 is 0 Å². The van der Waals surface area contributed by atoms with Crippen molar-refractivity contribution in [1.82, 2.24) is 0 Å². The normalized spacial score (nSPS) is 12.2. The standard InChI is InChI=1S/C40H76O5/c1-3-5-7-9-11-13-14-15-16-17-18-19-20-21-22-23-24-25-26-27-29-31-33-35-40(43)45-38(36-41)37-44-39(42)34-32-30-28-12-10-8-6-4-2/h27,29,38,41H,3-26,28,30-37H2,1-2H3/b29-27+/t38-/m0/s1. The van der Waals surface area contributed by atoms with Crippen molar-refractivity contribution in [2.75, 3.05) is 13.2 Å². The molecule has 0 aromatic carbocycles. The summed E-state index contributed by atoms with van der Waals surface area (Å²) >= 11 is 0. The van der Waals surface area contributed by atoms with Gasteiger partial charge in [0.15, 0.2) is 6.10 Å². The number of carbonyl (C=O) groups excluding carboxylic acids is 2. The molecule has 0 radical (unpaired) electrons. The predicted octanol–water partition coefficient (Wildman–Crippen LogP) is 12.1. The minimum absolute atomic E-state index is 0.0720. The first-order chi connectivity index (χ1) is 22.1. The molecule has 5 heteroatoms. The van der Waals surface area contributed by atoms with Gasteiger partial charge in [0.2, 0.25) is 0 Å². The van der Waals surface area contributed by atoms with E-state index in [0.717, 1.165) is 38.5 Å². The van der Waals surface area contributed by atoms with Crippen LogP contribution in [0.4, 0.5) is 0 Å². The van der Waals surface area contributed by atoms with Crippen molar-refractivity contribution in [3.8, 4) is 0 Å². The van der Waals surface area contributed by atoms with Gasteiger partial charge in [-0.2, -0.15) is 0 Å². The van der Waals surface area contributed by atoms with E-state index in [1.165, 1.54) is 148 Å². The highest BCUT2D eigenvalue weighted by molar-refractivity contribution is 5.70. The van der Waals surface area contributed by atoms with Crippen LogP contribution >= 0.6 is 0 Å². The van der Waals surface area contributed by atoms with Crippen LogP contribution in [0.15, 0.2) is 12.2 Å². The van der Waals surface area contributed by atoms with E-state index in [9.17, 15) is 14.7 Å². The van der Waals surface area contributed by atoms with Gasteiger partial charge >= 0.3 is 11.9 Å². The van der Waals surface area contributed by atoms with Crippen molar-refractivity contribution in [2.45, 2.75) is 219 Å². The summed E-state index contributed by atoms with van der Waals surface area (Å²) in [6.07, 6.45) is 41.6. The molecule has 0 aromatic rings. The number of allylic oxidation sites excluding steroid dienone is 2. The molecular formula is C40H76O5. The minimum atomic E-state index is -0.778. The van der Waals surface area contributed by atoms with Crippen molar-refractivity contribution in [2.24, 2.45) is 0 Å². The van der Waals surface area contributed by atoms with Crippen LogP contribution in [-0.2, 0) is 19.1 Å². The molecule has 0 aliphatic carbocycles. The minimum Gasteiger partial charge on any atom is -0.462 e. The van der Waals surface area contributed by atoms with Gasteiger partial charge < -0.3 is 14.6 Å². The molecule has 0 aliphatic rings. The first kappa shape index (κ1) is 43.6. The Bertz CT molecular complexity index is 647. The van der Waals surface area contributed by atoms with E-state index in [2.05, 4.69) is 26.0 Å². The highest BCUT2D eigenvalue weighted by atomic mass is 16.6. The molecule has 0 aromatic heterocycles. The third-order valence-electron chi connectivity index (χ3n) is 8.81. The van der Waals surface area contributed by atoms with Crippen molar-refractivity contribution in [1.29, 1.82) is 0 Å². The summed E-state index contributed by atoms with van der Waals surface area (Å²) in [4.78, 5) is 24.1. The van der Waals surface area contributed by atoms with Crippen LogP contribution in [0.2, 0.25) is 0 Å². The number of carbonyl (C=O) groups is 2. The second kappa shape index (κ2) is 37.1. The van der Waals surface area contributed by atoms with E-state index < -0.39 is 6.10 Å². The molecular weight excluding hydrogens is 560 g/mol. The van der Waals surface area contributed by atoms with E-state index in [0.29, 0.717) is 12.8 Å². The Balaban J connectivity index is 3.48. The van der Waals surface area contributed by atoms with Gasteiger partial charge in [-0.15, -0.1) is 0 Å². The largest absolute Gasteiger partial charge is 0.462 e. The third kappa shape index (κ3) is 35.3. The Morgan fingerprint density at radius 3 is 1.27 bits per heavy atom. The molecule has 5 nitrogen and oxygen atoms in total. The summed E-state index contributed by atoms with van der Waals surface area (Å²) in [5.74, 6) is -0.625. The topological polar surface area (TPSA) is 72.8 Å². The number of hydrogen-bond donors (Lipinski definition) is 1. The lowest BCUT2D eigenvalue weighted by Crippen LogP contribution is -2.28. The summed E-state index contributed by atoms with van der Waals surface area (Å²) in [7, 11) is 0. The zero-order valence-corrected chi connectivity index (χ0v) is 30.1. The molecule has 0 bridgehead atoms. The quantitative estimate of drug-likeness (QED) is 0.0421. The number of rotatable bonds is 36. The van der Waals surface area contributed by atoms with Crippen molar-refractivity contribution < 1.29 is 24.2 Å². The number of aliphatic hydroxyl groups excluding tert-OH is 1. The van der Waals surface area contributed by atoms with E-state index in [4.69, 9.17) is 9.47 Å². The maximum atomic E-state index is 12.1. The van der Waals surface area contributed by atoms with E-state index >= 15 is 0 Å². The van der Waals surface area contributed by atoms with Gasteiger partial charge in [-0.1, -0.05) is 180 Å². The van der Waals surface area contributed by atoms with Gasteiger partial charge in [0.25, 0.3) is 0 Å². The Kier molecular flexibility index (Phi) is 36.0. The highest BCUT2D eigenvalue weighted by Gasteiger charge is 2.16. The van der Waals surface area contributed by atoms with Crippen LogP contribution in [0.3, 0.4) is 0 Å². The third-order valence-corrected chi connectivity index (χ3v) is 8.81. The first-order valence-corrected chi connectivity index (χ1v) is 19.7. The summed E-state index contributed by atoms with van der Waals surface area (Å²) < 4.78 is 10.5. The Labute approximate surface area is 280 Å². The van der Waals surface area contributed by atoms with Gasteiger partial charge in [0, 0.05) is 12.8 Å². The number of aliphatic hydroxyl groups is 1. The zero-order chi connectivity index (χ0) is 32.9. The van der Waals surface area contributed by atoms with E-state index in [1.807, 2.05) is 0 Å². The van der Waals surface area contributed by atoms with Gasteiger partial charge in [-0.3, -0.25) is 9.59 Å². The molecule has 0 heterocycles. The highest BCUT2D eigenvalue weighted by Crippen LogP contribution is 2.15. The van der Waals surface area contributed by atoms with Gasteiger partial charge in [0.1, 0.15) is 6.61 Å². The number of esters is 2. The average molecular weight is 637 g/mol. The Hall–Kier alpha value is -1.36. The fraction of sp³-hybridized carbons (Fsp3) is 0.900. The molecule has 0 fully saturated rings. The molecule has 266 valence electrons. The lowest BCUT2D eigenvalue weighted by atomic mass is 10.0. The molecule has 0 amide bonds. The molecule has 45 heavy (non-hydrogen) atoms. The van der Waals surface area contributed by atoms with Gasteiger partial charge in [-0.25, -0.2) is 0 Å². The van der Waals surface area contributed by atoms with Crippen LogP contribution in [0.1, 0.15) is 213 Å². The number of unbranched alkanes of at least 4 members (excludes halogenated alkanes) is 26. The summed E-state index contributed by atoms with van der Waals surface area (Å²) in [6.45, 7) is 4.10. The zero-order valence-electron chi connectivity index (χ0n) is 30.1. The SMILES string of the molecule is CCCCCCCCCCCCCCCCCCCC/C=C/CCCC(=O)O[C@@H](CO)COC(=O)CCCCCCCCCC. The summed E-state index contributed by atoms with van der Waals surface area (Å²) in [6, 6.07) is 0. The lowest BCUT2D eigenvalue weighted by Gasteiger charge is -2.15. The monoisotopic (exact) mass is 637 g/mol. The molecule has 0 aliphatic heterocycles. The fourth-order valence-corrected chi connectivity index (χ4v) is 5.79. The smallest absolute Gasteiger partial charge is 0.306 e. The van der Waals surface area contributed by atoms with Crippen molar-refractivity contribution in [3.05, 3.63) is 12.2 Å². The molecule has 0 spiro atoms. The van der Waals surface area contributed by atoms with Gasteiger partial charge in [-0.05, 0) is 32.1 Å². The predicted molar refractivity (Wildman–Crippen MR) is 192 cm³/mol. The maximum absolute atomic E-state index is 12.1.